The molecule has 0 spiro atoms. The standard InChI is InChI=1S/C7H13N2O2/c1-5(2)6(8)7(11)9-3-4-10/h5-6H,3,8H2,1-2H3,(H,9,11)/t6-/m0/s1. The zero-order chi connectivity index (χ0) is 8.85. The van der Waals surface area contributed by atoms with E-state index in [0.717, 1.165) is 0 Å². The lowest BCUT2D eigenvalue weighted by molar-refractivity contribution is -0.122. The molecule has 1 radical (unpaired) electrons. The predicted octanol–water partition coefficient (Wildman–Crippen LogP) is -0.804. The van der Waals surface area contributed by atoms with E-state index in [1.807, 2.05) is 13.8 Å². The van der Waals surface area contributed by atoms with Crippen LogP contribution in [-0.2, 0) is 9.59 Å². The first-order valence-electron chi connectivity index (χ1n) is 3.48. The predicted molar refractivity (Wildman–Crippen MR) is 41.5 cm³/mol. The summed E-state index contributed by atoms with van der Waals surface area (Å²) in [4.78, 5) is 20.6. The van der Waals surface area contributed by atoms with Crippen molar-refractivity contribution in [2.45, 2.75) is 19.9 Å². The fourth-order valence-electron chi connectivity index (χ4n) is 0.544. The largest absolute Gasteiger partial charge is 0.347 e. The van der Waals surface area contributed by atoms with Gasteiger partial charge in [-0.3, -0.25) is 9.59 Å². The van der Waals surface area contributed by atoms with Crippen LogP contribution in [0.25, 0.3) is 0 Å². The summed E-state index contributed by atoms with van der Waals surface area (Å²) in [5.74, 6) is -0.218. The average Bonchev–Trinajstić information content (AvgIpc) is 1.98. The smallest absolute Gasteiger partial charge is 0.237 e. The minimum atomic E-state index is -0.539. The maximum atomic E-state index is 10.9. The molecular formula is C7H13N2O2. The molecule has 63 valence electrons. The molecule has 4 nitrogen and oxygen atoms in total. The van der Waals surface area contributed by atoms with E-state index in [0.29, 0.717) is 0 Å². The lowest BCUT2D eigenvalue weighted by Crippen LogP contribution is -2.44. The van der Waals surface area contributed by atoms with Crippen LogP contribution >= 0.6 is 0 Å². The van der Waals surface area contributed by atoms with Gasteiger partial charge in [-0.2, -0.15) is 0 Å². The van der Waals surface area contributed by atoms with Crippen molar-refractivity contribution in [2.24, 2.45) is 11.7 Å². The molecule has 0 aromatic heterocycles. The summed E-state index contributed by atoms with van der Waals surface area (Å²) in [6, 6.07) is -0.539. The summed E-state index contributed by atoms with van der Waals surface area (Å²) in [7, 11) is 0. The zero-order valence-electron chi connectivity index (χ0n) is 6.76. The number of carbonyl (C=O) groups excluding carboxylic acids is 2. The van der Waals surface area contributed by atoms with Crippen LogP contribution in [0.4, 0.5) is 0 Å². The molecule has 3 N–H and O–H groups in total. The van der Waals surface area contributed by atoms with E-state index in [4.69, 9.17) is 5.73 Å². The van der Waals surface area contributed by atoms with Crippen LogP contribution in [0.2, 0.25) is 0 Å². The first-order valence-corrected chi connectivity index (χ1v) is 3.48. The van der Waals surface area contributed by atoms with Crippen LogP contribution in [0.5, 0.6) is 0 Å². The van der Waals surface area contributed by atoms with Crippen molar-refractivity contribution in [3.05, 3.63) is 0 Å². The van der Waals surface area contributed by atoms with Gasteiger partial charge in [0.2, 0.25) is 12.2 Å². The third kappa shape index (κ3) is 3.72. The van der Waals surface area contributed by atoms with Crippen LogP contribution in [0.15, 0.2) is 0 Å². The van der Waals surface area contributed by atoms with E-state index in [9.17, 15) is 9.59 Å². The van der Waals surface area contributed by atoms with Crippen LogP contribution in [0.1, 0.15) is 13.8 Å². The van der Waals surface area contributed by atoms with E-state index in [1.165, 1.54) is 0 Å². The van der Waals surface area contributed by atoms with Crippen molar-refractivity contribution in [1.29, 1.82) is 0 Å². The molecule has 0 aliphatic rings. The van der Waals surface area contributed by atoms with Gasteiger partial charge in [-0.25, -0.2) is 0 Å². The minimum Gasteiger partial charge on any atom is -0.347 e. The molecule has 0 fully saturated rings. The third-order valence-corrected chi connectivity index (χ3v) is 1.36. The van der Waals surface area contributed by atoms with Gasteiger partial charge in [0.15, 0.2) is 0 Å². The monoisotopic (exact) mass is 157 g/mol. The zero-order valence-corrected chi connectivity index (χ0v) is 6.76. The fourth-order valence-corrected chi connectivity index (χ4v) is 0.544. The molecule has 0 saturated heterocycles. The van der Waals surface area contributed by atoms with E-state index in [2.05, 4.69) is 5.32 Å². The van der Waals surface area contributed by atoms with Gasteiger partial charge in [-0.1, -0.05) is 13.8 Å². The number of nitrogens with one attached hydrogen (secondary N) is 1. The highest BCUT2D eigenvalue weighted by atomic mass is 16.2. The number of rotatable bonds is 4. The van der Waals surface area contributed by atoms with Crippen molar-refractivity contribution in [3.8, 4) is 0 Å². The van der Waals surface area contributed by atoms with Gasteiger partial charge in [0, 0.05) is 0 Å². The van der Waals surface area contributed by atoms with E-state index < -0.39 is 6.04 Å². The molecule has 4 heteroatoms. The number of carbonyl (C=O) groups is 1. The van der Waals surface area contributed by atoms with Crippen LogP contribution in [-0.4, -0.2) is 24.8 Å². The van der Waals surface area contributed by atoms with Gasteiger partial charge in [0.25, 0.3) is 0 Å². The molecule has 0 saturated carbocycles. The van der Waals surface area contributed by atoms with Gasteiger partial charge in [-0.15, -0.1) is 0 Å². The van der Waals surface area contributed by atoms with Gasteiger partial charge in [0.1, 0.15) is 0 Å². The van der Waals surface area contributed by atoms with Crippen molar-refractivity contribution in [3.63, 3.8) is 0 Å². The highest BCUT2D eigenvalue weighted by molar-refractivity contribution is 5.83. The maximum absolute atomic E-state index is 10.9. The Morgan fingerprint density at radius 2 is 2.18 bits per heavy atom. The quantitative estimate of drug-likeness (QED) is 0.561. The topological polar surface area (TPSA) is 72.2 Å². The molecule has 0 heterocycles. The van der Waals surface area contributed by atoms with Crippen molar-refractivity contribution in [1.82, 2.24) is 5.32 Å². The van der Waals surface area contributed by atoms with Gasteiger partial charge >= 0.3 is 0 Å². The Kier molecular flexibility index (Phi) is 4.45. The summed E-state index contributed by atoms with van der Waals surface area (Å²) in [6.45, 7) is 3.60. The highest BCUT2D eigenvalue weighted by Crippen LogP contribution is 1.96. The Morgan fingerprint density at radius 3 is 2.55 bits per heavy atom. The van der Waals surface area contributed by atoms with E-state index in [1.54, 1.807) is 6.29 Å². The summed E-state index contributed by atoms with van der Waals surface area (Å²) in [5.41, 5.74) is 5.46. The van der Waals surface area contributed by atoms with Crippen LogP contribution in [0.3, 0.4) is 0 Å². The van der Waals surface area contributed by atoms with Crippen LogP contribution < -0.4 is 11.1 Å². The second-order valence-electron chi connectivity index (χ2n) is 2.63. The Balaban J connectivity index is 3.73. The van der Waals surface area contributed by atoms with Crippen LogP contribution in [0, 0.1) is 5.92 Å². The lowest BCUT2D eigenvalue weighted by atomic mass is 10.1. The molecule has 1 atom stereocenters. The molecule has 0 unspecified atom stereocenters. The molecule has 0 aromatic rings. The Hall–Kier alpha value is -0.900. The molecule has 11 heavy (non-hydrogen) atoms. The highest BCUT2D eigenvalue weighted by Gasteiger charge is 2.15. The molecule has 0 aliphatic carbocycles. The Morgan fingerprint density at radius 1 is 1.64 bits per heavy atom. The SMILES string of the molecule is CC(C)[C@H](N)C(=O)NC[C]=O. The number of hydrogen-bond donors (Lipinski definition) is 2. The third-order valence-electron chi connectivity index (χ3n) is 1.36. The summed E-state index contributed by atoms with van der Waals surface area (Å²) in [6.07, 6.45) is 1.55. The molecule has 0 rings (SSSR count). The summed E-state index contributed by atoms with van der Waals surface area (Å²) in [5, 5.41) is 2.33. The molecular weight excluding hydrogens is 144 g/mol. The molecule has 0 bridgehead atoms. The van der Waals surface area contributed by atoms with Crippen molar-refractivity contribution >= 4 is 12.2 Å². The van der Waals surface area contributed by atoms with E-state index in [-0.39, 0.29) is 18.4 Å². The van der Waals surface area contributed by atoms with Crippen molar-refractivity contribution in [2.75, 3.05) is 6.54 Å². The molecule has 0 aromatic carbocycles. The number of hydrogen-bond acceptors (Lipinski definition) is 3. The first kappa shape index (κ1) is 10.1. The lowest BCUT2D eigenvalue weighted by Gasteiger charge is -2.13. The second kappa shape index (κ2) is 4.85. The molecule has 0 aliphatic heterocycles. The minimum absolute atomic E-state index is 0.0841. The first-order chi connectivity index (χ1) is 5.09. The van der Waals surface area contributed by atoms with E-state index >= 15 is 0 Å². The second-order valence-corrected chi connectivity index (χ2v) is 2.63. The number of amides is 1. The maximum Gasteiger partial charge on any atom is 0.237 e. The Bertz CT molecular complexity index is 145. The molecule has 1 amide bonds. The fraction of sp³-hybridized carbons (Fsp3) is 0.714. The number of nitrogens with two attached hydrogens (primary N) is 1. The average molecular weight is 157 g/mol. The summed E-state index contributed by atoms with van der Waals surface area (Å²) < 4.78 is 0. The van der Waals surface area contributed by atoms with Gasteiger partial charge in [0.05, 0.1) is 12.6 Å². The van der Waals surface area contributed by atoms with Crippen molar-refractivity contribution < 1.29 is 9.59 Å². The van der Waals surface area contributed by atoms with Gasteiger partial charge in [-0.05, 0) is 5.92 Å². The normalized spacial score (nSPS) is 12.7. The Labute approximate surface area is 66.1 Å². The van der Waals surface area contributed by atoms with Gasteiger partial charge < -0.3 is 11.1 Å². The summed E-state index contributed by atoms with van der Waals surface area (Å²) >= 11 is 0.